The van der Waals surface area contributed by atoms with E-state index >= 15 is 0 Å². The van der Waals surface area contributed by atoms with Crippen molar-refractivity contribution in [3.05, 3.63) is 71.9 Å². The van der Waals surface area contributed by atoms with Crippen molar-refractivity contribution in [2.75, 3.05) is 18.5 Å². The number of H-pyrrole nitrogens is 1. The lowest BCUT2D eigenvalue weighted by atomic mass is 9.85. The van der Waals surface area contributed by atoms with E-state index in [-0.39, 0.29) is 24.7 Å². The first-order chi connectivity index (χ1) is 21.9. The summed E-state index contributed by atoms with van der Waals surface area (Å²) in [7, 11) is 0. The number of amides is 1. The molecule has 2 atom stereocenters. The van der Waals surface area contributed by atoms with Crippen LogP contribution in [0.15, 0.2) is 55.0 Å². The lowest BCUT2D eigenvalue weighted by molar-refractivity contribution is -0.0290. The number of aromatic nitrogens is 4. The van der Waals surface area contributed by atoms with Gasteiger partial charge in [-0.05, 0) is 111 Å². The van der Waals surface area contributed by atoms with Crippen LogP contribution in [0.3, 0.4) is 0 Å². The number of anilines is 1. The fraction of sp³-hybridized carbons (Fsp3) is 0.500. The number of nitrogens with zero attached hydrogens (tertiary/aromatic N) is 3. The van der Waals surface area contributed by atoms with Gasteiger partial charge in [0.1, 0.15) is 0 Å². The summed E-state index contributed by atoms with van der Waals surface area (Å²) < 4.78 is 33.6. The molecule has 238 valence electrons. The second-order valence-electron chi connectivity index (χ2n) is 12.9. The molecule has 2 fully saturated rings. The van der Waals surface area contributed by atoms with Gasteiger partial charge in [0.25, 0.3) is 5.91 Å². The molecule has 1 saturated carbocycles. The van der Waals surface area contributed by atoms with Crippen molar-refractivity contribution in [2.45, 2.75) is 89.4 Å². The number of aromatic amines is 1. The van der Waals surface area contributed by atoms with E-state index in [2.05, 4.69) is 31.5 Å². The largest absolute Gasteiger partial charge is 0.381 e. The highest BCUT2D eigenvalue weighted by Crippen LogP contribution is 2.35. The highest BCUT2D eigenvalue weighted by Gasteiger charge is 2.31. The second-order valence-corrected chi connectivity index (χ2v) is 12.9. The van der Waals surface area contributed by atoms with Crippen LogP contribution in [0.25, 0.3) is 22.0 Å². The van der Waals surface area contributed by atoms with Gasteiger partial charge in [-0.15, -0.1) is 0 Å². The predicted octanol–water partition coefficient (Wildman–Crippen LogP) is 8.56. The Kier molecular flexibility index (Phi) is 10.1. The van der Waals surface area contributed by atoms with E-state index in [1.165, 1.54) is 12.8 Å². The summed E-state index contributed by atoms with van der Waals surface area (Å²) in [5.41, 5.74) is 5.60. The van der Waals surface area contributed by atoms with Gasteiger partial charge in [-0.3, -0.25) is 19.9 Å². The number of aryl methyl sites for hydroxylation is 1. The minimum Gasteiger partial charge on any atom is -0.381 e. The Morgan fingerprint density at radius 1 is 0.933 bits per heavy atom. The Morgan fingerprint density at radius 2 is 1.84 bits per heavy atom. The van der Waals surface area contributed by atoms with Gasteiger partial charge in [-0.1, -0.05) is 18.9 Å². The molecule has 2 aliphatic rings. The molecule has 1 saturated heterocycles. The van der Waals surface area contributed by atoms with Gasteiger partial charge >= 0.3 is 0 Å². The topological polar surface area (TPSA) is 92.8 Å². The molecule has 45 heavy (non-hydrogen) atoms. The summed E-state index contributed by atoms with van der Waals surface area (Å²) in [6.45, 7) is 1.77. The molecular weight excluding hydrogens is 572 g/mol. The molecule has 0 spiro atoms. The minimum absolute atomic E-state index is 0.00770. The van der Waals surface area contributed by atoms with E-state index in [0.29, 0.717) is 29.6 Å². The third-order valence-corrected chi connectivity index (χ3v) is 9.45. The lowest BCUT2D eigenvalue weighted by Crippen LogP contribution is -2.21. The van der Waals surface area contributed by atoms with Gasteiger partial charge in [0.05, 0.1) is 17.4 Å². The number of ether oxygens (including phenoxy) is 1. The maximum Gasteiger partial charge on any atom is 0.276 e. The Balaban J connectivity index is 1.08. The SMILES string of the molecule is O=C(Nc1ccc(CCCC2CCCOCC2)nc1)c1n[nH]c2ccc(-c3cncc(CC4CCCCC(F)(F)CC4)c3)cc12. The molecule has 4 aromatic rings. The highest BCUT2D eigenvalue weighted by atomic mass is 19.3. The zero-order chi connectivity index (χ0) is 31.1. The fourth-order valence-electron chi connectivity index (χ4n) is 6.83. The summed E-state index contributed by atoms with van der Waals surface area (Å²) in [6.07, 6.45) is 15.7. The van der Waals surface area contributed by atoms with Crippen LogP contribution < -0.4 is 5.32 Å². The summed E-state index contributed by atoms with van der Waals surface area (Å²) in [6, 6.07) is 11.8. The van der Waals surface area contributed by atoms with Crippen molar-refractivity contribution in [1.82, 2.24) is 20.2 Å². The van der Waals surface area contributed by atoms with Gasteiger partial charge in [-0.25, -0.2) is 8.78 Å². The number of nitrogens with one attached hydrogen (secondary N) is 2. The van der Waals surface area contributed by atoms with Crippen molar-refractivity contribution in [2.24, 2.45) is 11.8 Å². The van der Waals surface area contributed by atoms with Crippen LogP contribution in [0.4, 0.5) is 14.5 Å². The molecule has 9 heteroatoms. The molecule has 2 N–H and O–H groups in total. The average Bonchev–Trinajstić information content (AvgIpc) is 3.29. The predicted molar refractivity (Wildman–Crippen MR) is 172 cm³/mol. The molecule has 7 nitrogen and oxygen atoms in total. The summed E-state index contributed by atoms with van der Waals surface area (Å²) >= 11 is 0. The molecule has 2 unspecified atom stereocenters. The molecule has 1 amide bonds. The Morgan fingerprint density at radius 3 is 2.73 bits per heavy atom. The normalized spacial score (nSPS) is 20.7. The van der Waals surface area contributed by atoms with Crippen molar-refractivity contribution in [3.63, 3.8) is 0 Å². The molecule has 0 radical (unpaired) electrons. The first-order valence-corrected chi connectivity index (χ1v) is 16.6. The van der Waals surface area contributed by atoms with Crippen molar-refractivity contribution in [3.8, 4) is 11.1 Å². The molecular formula is C36H43F2N5O2. The maximum atomic E-state index is 14.0. The average molecular weight is 616 g/mol. The molecule has 3 aromatic heterocycles. The molecule has 1 aromatic carbocycles. The molecule has 1 aliphatic heterocycles. The number of halogens is 2. The standard InChI is InChI=1S/C36H43F2N5O2/c37-36(38)15-2-1-5-26(13-16-36)19-27-20-29(23-39-22-27)28-9-12-33-32(21-28)34(43-42-33)35(44)41-31-11-10-30(40-24-31)8-3-6-25-7-4-17-45-18-14-25/h9-12,20-26H,1-8,13-19H2,(H,41,44)(H,42,43). The van der Waals surface area contributed by atoms with E-state index < -0.39 is 5.92 Å². The van der Waals surface area contributed by atoms with Gasteiger partial charge in [-0.2, -0.15) is 5.10 Å². The molecule has 1 aliphatic carbocycles. The summed E-state index contributed by atoms with van der Waals surface area (Å²) in [5.74, 6) is -1.89. The Labute approximate surface area is 263 Å². The second kappa shape index (κ2) is 14.6. The molecule has 4 heterocycles. The Hall–Kier alpha value is -3.72. The van der Waals surface area contributed by atoms with Crippen LogP contribution in [0.2, 0.25) is 0 Å². The Bertz CT molecular complexity index is 1560. The fourth-order valence-corrected chi connectivity index (χ4v) is 6.83. The zero-order valence-electron chi connectivity index (χ0n) is 25.9. The number of carbonyl (C=O) groups excluding carboxylic acids is 1. The number of hydrogen-bond acceptors (Lipinski definition) is 5. The van der Waals surface area contributed by atoms with Crippen LogP contribution in [-0.4, -0.2) is 45.2 Å². The number of benzene rings is 1. The van der Waals surface area contributed by atoms with Gasteiger partial charge in [0.15, 0.2) is 5.69 Å². The third kappa shape index (κ3) is 8.51. The smallest absolute Gasteiger partial charge is 0.276 e. The first kappa shape index (κ1) is 31.3. The summed E-state index contributed by atoms with van der Waals surface area (Å²) in [4.78, 5) is 22.3. The number of fused-ring (bicyclic) bond motifs is 1. The number of rotatable bonds is 9. The van der Waals surface area contributed by atoms with Crippen molar-refractivity contribution in [1.29, 1.82) is 0 Å². The van der Waals surface area contributed by atoms with Crippen LogP contribution >= 0.6 is 0 Å². The third-order valence-electron chi connectivity index (χ3n) is 9.45. The molecule has 6 rings (SSSR count). The number of carbonyl (C=O) groups is 1. The number of hydrogen-bond donors (Lipinski definition) is 2. The van der Waals surface area contributed by atoms with Crippen molar-refractivity contribution < 1.29 is 18.3 Å². The minimum atomic E-state index is -2.55. The van der Waals surface area contributed by atoms with Crippen LogP contribution in [-0.2, 0) is 17.6 Å². The first-order valence-electron chi connectivity index (χ1n) is 16.6. The van der Waals surface area contributed by atoms with Crippen LogP contribution in [0, 0.1) is 11.8 Å². The van der Waals surface area contributed by atoms with Crippen molar-refractivity contribution >= 4 is 22.5 Å². The van der Waals surface area contributed by atoms with Gasteiger partial charge in [0.2, 0.25) is 5.92 Å². The highest BCUT2D eigenvalue weighted by molar-refractivity contribution is 6.11. The van der Waals surface area contributed by atoms with Crippen LogP contribution in [0.1, 0.15) is 92.4 Å². The van der Waals surface area contributed by atoms with Gasteiger partial charge in [0, 0.05) is 55.1 Å². The van der Waals surface area contributed by atoms with E-state index in [1.807, 2.05) is 36.5 Å². The van der Waals surface area contributed by atoms with E-state index in [0.717, 1.165) is 92.0 Å². The zero-order valence-corrected chi connectivity index (χ0v) is 25.9. The van der Waals surface area contributed by atoms with E-state index in [1.54, 1.807) is 12.4 Å². The maximum absolute atomic E-state index is 14.0. The molecule has 0 bridgehead atoms. The van der Waals surface area contributed by atoms with E-state index in [4.69, 9.17) is 4.74 Å². The number of alkyl halides is 2. The lowest BCUT2D eigenvalue weighted by Gasteiger charge is -2.25. The quantitative estimate of drug-likeness (QED) is 0.197. The van der Waals surface area contributed by atoms with Gasteiger partial charge < -0.3 is 10.1 Å². The van der Waals surface area contributed by atoms with E-state index in [9.17, 15) is 13.6 Å². The number of pyridine rings is 2. The monoisotopic (exact) mass is 615 g/mol. The van der Waals surface area contributed by atoms with Crippen LogP contribution in [0.5, 0.6) is 0 Å². The summed E-state index contributed by atoms with van der Waals surface area (Å²) in [5, 5.41) is 10.9.